The summed E-state index contributed by atoms with van der Waals surface area (Å²) in [5, 5.41) is 2.81. The Kier molecular flexibility index (Phi) is 13.6. The van der Waals surface area contributed by atoms with Gasteiger partial charge in [0.1, 0.15) is 11.5 Å². The molecule has 166 valence electrons. The predicted octanol–water partition coefficient (Wildman–Crippen LogP) is 6.38. The first-order valence-corrected chi connectivity index (χ1v) is 13.0. The van der Waals surface area contributed by atoms with E-state index in [1.165, 1.54) is 22.9 Å². The van der Waals surface area contributed by atoms with E-state index in [1.807, 2.05) is 78.9 Å². The lowest BCUT2D eigenvalue weighted by Gasteiger charge is -2.08. The number of benzene rings is 4. The summed E-state index contributed by atoms with van der Waals surface area (Å²) in [6, 6.07) is 40.7. The molecule has 4 heteroatoms. The Labute approximate surface area is 196 Å². The maximum absolute atomic E-state index is 5.37. The van der Waals surface area contributed by atoms with Gasteiger partial charge in [-0.2, -0.15) is 0 Å². The van der Waals surface area contributed by atoms with Crippen LogP contribution in [-0.2, 0) is 0 Å². The van der Waals surface area contributed by atoms with Crippen molar-refractivity contribution in [1.29, 1.82) is 0 Å². The molecular weight excluding hydrogens is 430 g/mol. The van der Waals surface area contributed by atoms with Crippen molar-refractivity contribution in [2.45, 2.75) is 0 Å². The molecule has 0 spiro atoms. The van der Waals surface area contributed by atoms with Crippen molar-refractivity contribution in [3.8, 4) is 11.5 Å². The Morgan fingerprint density at radius 2 is 0.969 bits per heavy atom. The zero-order chi connectivity index (χ0) is 22.7. The third-order valence-electron chi connectivity index (χ3n) is 4.30. The molecule has 2 nitrogen and oxygen atoms in total. The quantitative estimate of drug-likeness (QED) is 0.234. The zero-order valence-electron chi connectivity index (χ0n) is 18.8. The van der Waals surface area contributed by atoms with E-state index in [9.17, 15) is 0 Å². The van der Waals surface area contributed by atoms with Gasteiger partial charge in [-0.05, 0) is 35.8 Å². The maximum Gasteiger partial charge on any atom is 0.126 e. The summed E-state index contributed by atoms with van der Waals surface area (Å²) in [5.41, 5.74) is 0. The molecule has 4 rings (SSSR count). The van der Waals surface area contributed by atoms with Crippen molar-refractivity contribution in [2.24, 2.45) is 0 Å². The highest BCUT2D eigenvalue weighted by atomic mass is 31.1. The van der Waals surface area contributed by atoms with E-state index in [2.05, 4.69) is 42.5 Å². The molecule has 0 aromatic heterocycles. The lowest BCUT2D eigenvalue weighted by molar-refractivity contribution is 0.415. The van der Waals surface area contributed by atoms with Gasteiger partial charge in [-0.3, -0.25) is 0 Å². The molecule has 0 aliphatic carbocycles. The van der Waals surface area contributed by atoms with E-state index in [-0.39, 0.29) is 0 Å². The predicted molar refractivity (Wildman–Crippen MR) is 145 cm³/mol. The average Bonchev–Trinajstić information content (AvgIpc) is 2.90. The normalized spacial score (nSPS) is 10.2. The first-order chi connectivity index (χ1) is 15.8. The van der Waals surface area contributed by atoms with E-state index < -0.39 is 0 Å². The SMILES string of the molecule is COc1ccccc1.COc1ccccc1PCCPc1ccccc1.c1ccccc1. The van der Waals surface area contributed by atoms with E-state index in [0.717, 1.165) is 28.7 Å². The first kappa shape index (κ1) is 25.6. The lowest BCUT2D eigenvalue weighted by atomic mass is 10.3. The maximum atomic E-state index is 5.37. The number of rotatable bonds is 7. The molecule has 0 N–H and O–H groups in total. The number of hydrogen-bond donors (Lipinski definition) is 0. The van der Waals surface area contributed by atoms with Crippen LogP contribution in [-0.4, -0.2) is 26.5 Å². The van der Waals surface area contributed by atoms with Crippen molar-refractivity contribution in [1.82, 2.24) is 0 Å². The molecule has 0 bridgehead atoms. The lowest BCUT2D eigenvalue weighted by Crippen LogP contribution is -2.02. The summed E-state index contributed by atoms with van der Waals surface area (Å²) < 4.78 is 10.3. The molecule has 0 saturated heterocycles. The van der Waals surface area contributed by atoms with Gasteiger partial charge in [-0.1, -0.05) is 120 Å². The van der Waals surface area contributed by atoms with Crippen LogP contribution in [0, 0.1) is 0 Å². The molecule has 0 aliphatic heterocycles. The third-order valence-corrected chi connectivity index (χ3v) is 7.33. The van der Waals surface area contributed by atoms with Crippen LogP contribution in [0.4, 0.5) is 0 Å². The molecule has 2 atom stereocenters. The Hall–Kier alpha value is -2.66. The number of para-hydroxylation sites is 2. The van der Waals surface area contributed by atoms with Crippen LogP contribution in [0.3, 0.4) is 0 Å². The largest absolute Gasteiger partial charge is 0.497 e. The summed E-state index contributed by atoms with van der Waals surface area (Å²) in [6.07, 6.45) is 2.51. The second kappa shape index (κ2) is 17.0. The van der Waals surface area contributed by atoms with Gasteiger partial charge in [-0.15, -0.1) is 0 Å². The summed E-state index contributed by atoms with van der Waals surface area (Å²) in [6.45, 7) is 0. The van der Waals surface area contributed by atoms with Crippen LogP contribution in [0.15, 0.2) is 121 Å². The molecule has 0 fully saturated rings. The smallest absolute Gasteiger partial charge is 0.126 e. The van der Waals surface area contributed by atoms with Gasteiger partial charge in [0.05, 0.1) is 14.2 Å². The van der Waals surface area contributed by atoms with Gasteiger partial charge in [0.15, 0.2) is 0 Å². The van der Waals surface area contributed by atoms with Gasteiger partial charge in [0, 0.05) is 5.30 Å². The van der Waals surface area contributed by atoms with Crippen LogP contribution in [0.25, 0.3) is 0 Å². The third kappa shape index (κ3) is 11.1. The monoisotopic (exact) mass is 462 g/mol. The fourth-order valence-electron chi connectivity index (χ4n) is 2.69. The topological polar surface area (TPSA) is 18.5 Å². The molecule has 4 aromatic carbocycles. The number of hydrogen-bond acceptors (Lipinski definition) is 2. The van der Waals surface area contributed by atoms with Crippen LogP contribution >= 0.6 is 17.2 Å². The van der Waals surface area contributed by atoms with Crippen LogP contribution in [0.2, 0.25) is 0 Å². The van der Waals surface area contributed by atoms with E-state index in [0.29, 0.717) is 0 Å². The van der Waals surface area contributed by atoms with Crippen molar-refractivity contribution < 1.29 is 9.47 Å². The van der Waals surface area contributed by atoms with Crippen LogP contribution in [0.5, 0.6) is 11.5 Å². The van der Waals surface area contributed by atoms with Crippen molar-refractivity contribution in [2.75, 3.05) is 26.5 Å². The van der Waals surface area contributed by atoms with Crippen molar-refractivity contribution >= 4 is 27.8 Å². The van der Waals surface area contributed by atoms with E-state index in [1.54, 1.807) is 14.2 Å². The highest BCUT2D eigenvalue weighted by Gasteiger charge is 2.01. The van der Waals surface area contributed by atoms with Gasteiger partial charge in [0.2, 0.25) is 0 Å². The second-order valence-electron chi connectivity index (χ2n) is 6.59. The fourth-order valence-corrected chi connectivity index (χ4v) is 5.25. The van der Waals surface area contributed by atoms with Crippen LogP contribution < -0.4 is 20.1 Å². The molecule has 0 aliphatic rings. The summed E-state index contributed by atoms with van der Waals surface area (Å²) in [5.74, 6) is 1.94. The number of methoxy groups -OCH3 is 2. The van der Waals surface area contributed by atoms with Crippen LogP contribution in [0.1, 0.15) is 0 Å². The Morgan fingerprint density at radius 1 is 0.500 bits per heavy atom. The molecule has 32 heavy (non-hydrogen) atoms. The molecular formula is C28H32O2P2. The summed E-state index contributed by atoms with van der Waals surface area (Å²) in [7, 11) is 5.17. The van der Waals surface area contributed by atoms with Gasteiger partial charge >= 0.3 is 0 Å². The van der Waals surface area contributed by atoms with E-state index in [4.69, 9.17) is 9.47 Å². The number of ether oxygens (including phenoxy) is 2. The standard InChI is InChI=1S/C15H18OP2.C7H8O.C6H6/c1-16-14-9-5-6-10-15(14)18-12-11-17-13-7-3-2-4-8-13;1-8-7-5-3-2-4-6-7;1-2-4-6-5-3-1/h2-10,17-18H,11-12H2,1H3;2-6H,1H3;1-6H. The summed E-state index contributed by atoms with van der Waals surface area (Å²) in [4.78, 5) is 0. The minimum Gasteiger partial charge on any atom is -0.497 e. The van der Waals surface area contributed by atoms with Gasteiger partial charge in [0.25, 0.3) is 0 Å². The van der Waals surface area contributed by atoms with Gasteiger partial charge < -0.3 is 9.47 Å². The molecule has 0 saturated carbocycles. The minimum absolute atomic E-state index is 0.844. The molecule has 2 unspecified atom stereocenters. The minimum atomic E-state index is 0.844. The first-order valence-electron chi connectivity index (χ1n) is 10.6. The molecule has 0 heterocycles. The highest BCUT2D eigenvalue weighted by molar-refractivity contribution is 7.51. The Bertz CT molecular complexity index is 922. The fraction of sp³-hybridized carbons (Fsp3) is 0.143. The van der Waals surface area contributed by atoms with Crippen molar-refractivity contribution in [3.05, 3.63) is 121 Å². The molecule has 4 aromatic rings. The van der Waals surface area contributed by atoms with Crippen molar-refractivity contribution in [3.63, 3.8) is 0 Å². The average molecular weight is 463 g/mol. The zero-order valence-corrected chi connectivity index (χ0v) is 20.8. The highest BCUT2D eigenvalue weighted by Crippen LogP contribution is 2.21. The Balaban J connectivity index is 0.000000211. The Morgan fingerprint density at radius 3 is 1.50 bits per heavy atom. The van der Waals surface area contributed by atoms with Gasteiger partial charge in [-0.25, -0.2) is 0 Å². The second-order valence-corrected chi connectivity index (χ2v) is 9.41. The molecule has 0 amide bonds. The van der Waals surface area contributed by atoms with E-state index >= 15 is 0 Å². The summed E-state index contributed by atoms with van der Waals surface area (Å²) >= 11 is 0. The molecule has 0 radical (unpaired) electrons.